The Hall–Kier alpha value is -4.14. The first-order valence-corrected chi connectivity index (χ1v) is 12.7. The molecule has 15 heteroatoms. The van der Waals surface area contributed by atoms with Crippen LogP contribution in [0.3, 0.4) is 0 Å². The second kappa shape index (κ2) is 11.3. The van der Waals surface area contributed by atoms with Crippen LogP contribution in [0, 0.1) is 5.41 Å². The summed E-state index contributed by atoms with van der Waals surface area (Å²) in [6.07, 6.45) is -10.9. The number of carbonyl (C=O) groups excluding carboxylic acids is 1. The molecule has 1 aliphatic rings. The Kier molecular flexibility index (Phi) is 8.27. The molecule has 42 heavy (non-hydrogen) atoms. The quantitative estimate of drug-likeness (QED) is 0.404. The lowest BCUT2D eigenvalue weighted by molar-refractivity contribution is -0.236. The molecule has 1 aliphatic heterocycles. The van der Waals surface area contributed by atoms with Crippen LogP contribution in [0.4, 0.5) is 26.3 Å². The fourth-order valence-electron chi connectivity index (χ4n) is 5.22. The van der Waals surface area contributed by atoms with Gasteiger partial charge in [-0.2, -0.15) is 26.3 Å². The number of carboxylic acid groups (broad SMARTS) is 1. The smallest absolute Gasteiger partial charge is 0.403 e. The predicted molar refractivity (Wildman–Crippen MR) is 138 cm³/mol. The van der Waals surface area contributed by atoms with Gasteiger partial charge in [0.2, 0.25) is 5.91 Å². The van der Waals surface area contributed by atoms with Gasteiger partial charge in [-0.15, -0.1) is 0 Å². The van der Waals surface area contributed by atoms with Crippen LogP contribution >= 0.6 is 0 Å². The number of carboxylic acids is 1. The molecule has 2 heterocycles. The number of nitrogens with zero attached hydrogens (tertiary/aromatic N) is 3. The summed E-state index contributed by atoms with van der Waals surface area (Å²) in [5.41, 5.74) is -3.84. The lowest BCUT2D eigenvalue weighted by atomic mass is 9.76. The van der Waals surface area contributed by atoms with Crippen molar-refractivity contribution in [2.75, 3.05) is 19.6 Å². The molecule has 0 aliphatic carbocycles. The van der Waals surface area contributed by atoms with Gasteiger partial charge < -0.3 is 15.0 Å². The van der Waals surface area contributed by atoms with Crippen molar-refractivity contribution in [2.45, 2.75) is 37.7 Å². The average molecular weight is 601 g/mol. The van der Waals surface area contributed by atoms with Gasteiger partial charge in [0.05, 0.1) is 12.2 Å². The summed E-state index contributed by atoms with van der Waals surface area (Å²) in [7, 11) is 1.45. The van der Waals surface area contributed by atoms with E-state index in [4.69, 9.17) is 0 Å². The number of benzene rings is 2. The minimum absolute atomic E-state index is 0.193. The van der Waals surface area contributed by atoms with Crippen molar-refractivity contribution in [3.63, 3.8) is 0 Å². The third-order valence-corrected chi connectivity index (χ3v) is 7.50. The van der Waals surface area contributed by atoms with Crippen molar-refractivity contribution in [1.29, 1.82) is 0 Å². The highest BCUT2D eigenvalue weighted by Gasteiger charge is 2.61. The highest BCUT2D eigenvalue weighted by atomic mass is 19.4. The molecule has 1 saturated heterocycles. The molecule has 0 saturated carbocycles. The number of halogens is 6. The Bertz CT molecular complexity index is 1620. The molecular formula is C27H26F6N4O5. The first-order valence-electron chi connectivity index (χ1n) is 12.7. The monoisotopic (exact) mass is 600 g/mol. The zero-order chi connectivity index (χ0) is 31.0. The van der Waals surface area contributed by atoms with E-state index in [1.807, 2.05) is 5.32 Å². The topological polar surface area (TPSA) is 114 Å². The number of piperidine rings is 1. The second-order valence-electron chi connectivity index (χ2n) is 10.2. The van der Waals surface area contributed by atoms with Gasteiger partial charge in [0, 0.05) is 31.1 Å². The van der Waals surface area contributed by atoms with Crippen molar-refractivity contribution in [2.24, 2.45) is 12.5 Å². The van der Waals surface area contributed by atoms with Gasteiger partial charge in [-0.05, 0) is 42.9 Å². The summed E-state index contributed by atoms with van der Waals surface area (Å²) in [5.74, 6) is -3.26. The van der Waals surface area contributed by atoms with Gasteiger partial charge in [0.15, 0.2) is 0 Å². The van der Waals surface area contributed by atoms with Crippen molar-refractivity contribution < 1.29 is 41.0 Å². The third kappa shape index (κ3) is 6.05. The lowest BCUT2D eigenvalue weighted by Gasteiger charge is -2.42. The van der Waals surface area contributed by atoms with Crippen LogP contribution in [0.5, 0.6) is 0 Å². The van der Waals surface area contributed by atoms with E-state index in [1.165, 1.54) is 48.1 Å². The molecule has 226 valence electrons. The van der Waals surface area contributed by atoms with Crippen molar-refractivity contribution in [3.05, 3.63) is 75.1 Å². The highest BCUT2D eigenvalue weighted by Crippen LogP contribution is 2.47. The summed E-state index contributed by atoms with van der Waals surface area (Å²) in [4.78, 5) is 51.2. The molecule has 0 bridgehead atoms. The summed E-state index contributed by atoms with van der Waals surface area (Å²) >= 11 is 0. The number of hydrogen-bond acceptors (Lipinski definition) is 5. The van der Waals surface area contributed by atoms with Gasteiger partial charge in [-0.1, -0.05) is 30.3 Å². The van der Waals surface area contributed by atoms with Crippen molar-refractivity contribution in [1.82, 2.24) is 19.4 Å². The molecule has 0 unspecified atom stereocenters. The van der Waals surface area contributed by atoms with E-state index >= 15 is 0 Å². The maximum atomic E-state index is 14.2. The second-order valence-corrected chi connectivity index (χ2v) is 10.2. The Morgan fingerprint density at radius 2 is 1.60 bits per heavy atom. The maximum absolute atomic E-state index is 14.2. The van der Waals surface area contributed by atoms with Gasteiger partial charge in [0.25, 0.3) is 5.56 Å². The first kappa shape index (κ1) is 30.8. The van der Waals surface area contributed by atoms with Crippen LogP contribution in [0.2, 0.25) is 0 Å². The summed E-state index contributed by atoms with van der Waals surface area (Å²) in [6, 6.07) is 8.53. The Morgan fingerprint density at radius 1 is 0.976 bits per heavy atom. The largest absolute Gasteiger partial charge is 0.480 e. The van der Waals surface area contributed by atoms with Gasteiger partial charge >= 0.3 is 24.0 Å². The first-order chi connectivity index (χ1) is 19.5. The van der Waals surface area contributed by atoms with E-state index in [0.717, 1.165) is 9.47 Å². The van der Waals surface area contributed by atoms with E-state index in [1.54, 1.807) is 12.1 Å². The van der Waals surface area contributed by atoms with Crippen LogP contribution in [-0.4, -0.2) is 69.0 Å². The van der Waals surface area contributed by atoms with Crippen molar-refractivity contribution in [3.8, 4) is 5.69 Å². The van der Waals surface area contributed by atoms with Crippen LogP contribution in [0.25, 0.3) is 16.5 Å². The minimum Gasteiger partial charge on any atom is -0.480 e. The zero-order valence-electron chi connectivity index (χ0n) is 22.1. The number of nitrogens with one attached hydrogen (secondary N) is 1. The van der Waals surface area contributed by atoms with E-state index in [9.17, 15) is 50.6 Å². The molecule has 9 nitrogen and oxygen atoms in total. The summed E-state index contributed by atoms with van der Waals surface area (Å²) in [5, 5.41) is 12.6. The standard InChI is InChI=1S/C27H26F6N4O5/c1-35-11-8-21(38)37(24(35)42)20-7-3-5-17-16(4-2-6-18(17)20)14-19(22(39)40)34-23(41)25(27(31,32)33)9-12-36(13-10-25)15-26(28,29)30/h2-8,11,19H,9-10,12-15H2,1H3,(H,34,41)(H,39,40)/t19-/m0/s1. The molecule has 1 atom stereocenters. The lowest BCUT2D eigenvalue weighted by Crippen LogP contribution is -2.59. The zero-order valence-corrected chi connectivity index (χ0v) is 22.1. The molecule has 1 fully saturated rings. The molecule has 2 aromatic carbocycles. The average Bonchev–Trinajstić information content (AvgIpc) is 2.89. The molecule has 1 amide bonds. The Labute approximate surface area is 234 Å². The fraction of sp³-hybridized carbons (Fsp3) is 0.407. The molecule has 4 rings (SSSR count). The number of rotatable bonds is 7. The van der Waals surface area contributed by atoms with Gasteiger partial charge in [-0.3, -0.25) is 14.5 Å². The van der Waals surface area contributed by atoms with E-state index in [2.05, 4.69) is 0 Å². The number of aromatic nitrogens is 2. The molecule has 0 radical (unpaired) electrons. The molecule has 3 aromatic rings. The SMILES string of the molecule is Cn1ccc(=O)n(-c2cccc3c(C[C@H](NC(=O)C4(C(F)(F)F)CCN(CC(F)(F)F)CC4)C(=O)O)cccc23)c1=O. The fourth-order valence-corrected chi connectivity index (χ4v) is 5.22. The number of fused-ring (bicyclic) bond motifs is 1. The van der Waals surface area contributed by atoms with Crippen molar-refractivity contribution >= 4 is 22.6 Å². The van der Waals surface area contributed by atoms with E-state index < -0.39 is 85.8 Å². The normalized spacial score (nSPS) is 16.7. The number of amides is 1. The molecule has 1 aromatic heterocycles. The number of carbonyl (C=O) groups is 2. The molecular weight excluding hydrogens is 574 g/mol. The van der Waals surface area contributed by atoms with E-state index in [-0.39, 0.29) is 5.69 Å². The third-order valence-electron chi connectivity index (χ3n) is 7.50. The minimum atomic E-state index is -5.14. The number of alkyl halides is 6. The maximum Gasteiger partial charge on any atom is 0.403 e. The molecule has 0 spiro atoms. The summed E-state index contributed by atoms with van der Waals surface area (Å²) < 4.78 is 82.9. The summed E-state index contributed by atoms with van der Waals surface area (Å²) in [6.45, 7) is -2.74. The molecule has 2 N–H and O–H groups in total. The number of likely N-dealkylation sites (tertiary alicyclic amines) is 1. The Morgan fingerprint density at radius 3 is 2.19 bits per heavy atom. The van der Waals surface area contributed by atoms with Crippen LogP contribution in [0.15, 0.2) is 58.3 Å². The highest BCUT2D eigenvalue weighted by molar-refractivity contribution is 5.94. The van der Waals surface area contributed by atoms with Gasteiger partial charge in [0.1, 0.15) is 11.5 Å². The predicted octanol–water partition coefficient (Wildman–Crippen LogP) is 3.01. The van der Waals surface area contributed by atoms with Gasteiger partial charge in [-0.25, -0.2) is 14.2 Å². The Balaban J connectivity index is 1.65. The number of aryl methyl sites for hydroxylation is 1. The van der Waals surface area contributed by atoms with E-state index in [0.29, 0.717) is 16.3 Å². The number of aliphatic carboxylic acids is 1. The van der Waals surface area contributed by atoms with Crippen LogP contribution in [-0.2, 0) is 23.1 Å². The van der Waals surface area contributed by atoms with Crippen LogP contribution < -0.4 is 16.6 Å². The number of hydrogen-bond donors (Lipinski definition) is 2. The van der Waals surface area contributed by atoms with Crippen LogP contribution in [0.1, 0.15) is 18.4 Å².